The Bertz CT molecular complexity index is 230. The molecule has 1 aromatic heterocycles. The quantitative estimate of drug-likeness (QED) is 0.831. The van der Waals surface area contributed by atoms with Crippen LogP contribution in [0.5, 0.6) is 0 Å². The molecule has 0 amide bonds. The normalized spacial score (nSPS) is 11.0. The summed E-state index contributed by atoms with van der Waals surface area (Å²) >= 11 is 5.58. The van der Waals surface area contributed by atoms with Crippen LogP contribution in [0, 0.1) is 0 Å². The molecule has 0 aliphatic heterocycles. The van der Waals surface area contributed by atoms with Crippen molar-refractivity contribution in [3.8, 4) is 0 Å². The lowest BCUT2D eigenvalue weighted by Gasteiger charge is -2.05. The molecule has 76 valence electrons. The van der Waals surface area contributed by atoms with Crippen molar-refractivity contribution in [3.05, 3.63) is 29.0 Å². The standard InChI is InChI=1S/C7H9ClN2O.2ClH/c8-5-1-2-6(10-4-5)7(11)3-9;;/h1-2,4,7,11H,3,9H2;2*1H. The van der Waals surface area contributed by atoms with Gasteiger partial charge >= 0.3 is 0 Å². The smallest absolute Gasteiger partial charge is 0.108 e. The molecule has 0 fully saturated rings. The van der Waals surface area contributed by atoms with Crippen LogP contribution in [-0.2, 0) is 0 Å². The van der Waals surface area contributed by atoms with Crippen molar-refractivity contribution in [2.24, 2.45) is 5.73 Å². The highest BCUT2D eigenvalue weighted by atomic mass is 35.5. The summed E-state index contributed by atoms with van der Waals surface area (Å²) in [7, 11) is 0. The second kappa shape index (κ2) is 7.35. The maximum absolute atomic E-state index is 9.19. The van der Waals surface area contributed by atoms with Gasteiger partial charge in [0.25, 0.3) is 0 Å². The van der Waals surface area contributed by atoms with E-state index in [1.807, 2.05) is 0 Å². The van der Waals surface area contributed by atoms with Gasteiger partial charge in [-0.05, 0) is 12.1 Å². The summed E-state index contributed by atoms with van der Waals surface area (Å²) in [6, 6.07) is 3.32. The minimum Gasteiger partial charge on any atom is -0.385 e. The van der Waals surface area contributed by atoms with Gasteiger partial charge in [0, 0.05) is 12.7 Å². The van der Waals surface area contributed by atoms with E-state index in [1.165, 1.54) is 6.20 Å². The van der Waals surface area contributed by atoms with Crippen LogP contribution < -0.4 is 5.73 Å². The van der Waals surface area contributed by atoms with E-state index in [9.17, 15) is 5.11 Å². The molecule has 3 N–H and O–H groups in total. The SMILES string of the molecule is Cl.Cl.NCC(O)c1ccc(Cl)cn1. The maximum atomic E-state index is 9.19. The molecular formula is C7H11Cl3N2O. The fraction of sp³-hybridized carbons (Fsp3) is 0.286. The second-order valence-corrected chi connectivity index (χ2v) is 2.59. The van der Waals surface area contributed by atoms with E-state index in [4.69, 9.17) is 17.3 Å². The van der Waals surface area contributed by atoms with E-state index in [0.717, 1.165) is 0 Å². The van der Waals surface area contributed by atoms with E-state index in [1.54, 1.807) is 12.1 Å². The van der Waals surface area contributed by atoms with Crippen LogP contribution in [0.3, 0.4) is 0 Å². The van der Waals surface area contributed by atoms with Gasteiger partial charge in [-0.25, -0.2) is 0 Å². The topological polar surface area (TPSA) is 59.1 Å². The average molecular weight is 246 g/mol. The molecular weight excluding hydrogens is 234 g/mol. The van der Waals surface area contributed by atoms with Gasteiger partial charge in [0.05, 0.1) is 10.7 Å². The Morgan fingerprint density at radius 2 is 2.08 bits per heavy atom. The summed E-state index contributed by atoms with van der Waals surface area (Å²) in [5, 5.41) is 9.74. The summed E-state index contributed by atoms with van der Waals surface area (Å²) in [6.45, 7) is 0.175. The van der Waals surface area contributed by atoms with Gasteiger partial charge in [-0.15, -0.1) is 24.8 Å². The van der Waals surface area contributed by atoms with Crippen molar-refractivity contribution in [3.63, 3.8) is 0 Å². The van der Waals surface area contributed by atoms with Crippen molar-refractivity contribution in [1.29, 1.82) is 0 Å². The molecule has 6 heteroatoms. The number of nitrogens with two attached hydrogens (primary N) is 1. The minimum atomic E-state index is -0.688. The van der Waals surface area contributed by atoms with E-state index >= 15 is 0 Å². The molecule has 0 saturated heterocycles. The van der Waals surface area contributed by atoms with Crippen LogP contribution in [0.2, 0.25) is 5.02 Å². The number of hydrogen-bond donors (Lipinski definition) is 2. The van der Waals surface area contributed by atoms with Gasteiger partial charge in [0.15, 0.2) is 0 Å². The summed E-state index contributed by atoms with van der Waals surface area (Å²) in [5.74, 6) is 0. The Labute approximate surface area is 94.1 Å². The minimum absolute atomic E-state index is 0. The zero-order chi connectivity index (χ0) is 8.27. The maximum Gasteiger partial charge on any atom is 0.108 e. The molecule has 0 radical (unpaired) electrons. The Hall–Kier alpha value is -0.0600. The van der Waals surface area contributed by atoms with Crippen LogP contribution in [-0.4, -0.2) is 16.6 Å². The zero-order valence-electron chi connectivity index (χ0n) is 6.68. The van der Waals surface area contributed by atoms with Crippen LogP contribution >= 0.6 is 36.4 Å². The summed E-state index contributed by atoms with van der Waals surface area (Å²) in [5.41, 5.74) is 5.77. The van der Waals surface area contributed by atoms with Crippen LogP contribution in [0.15, 0.2) is 18.3 Å². The van der Waals surface area contributed by atoms with Gasteiger partial charge < -0.3 is 10.8 Å². The van der Waals surface area contributed by atoms with Crippen molar-refractivity contribution >= 4 is 36.4 Å². The number of aromatic nitrogens is 1. The highest BCUT2D eigenvalue weighted by molar-refractivity contribution is 6.30. The fourth-order valence-electron chi connectivity index (χ4n) is 0.705. The molecule has 0 bridgehead atoms. The van der Waals surface area contributed by atoms with Crippen molar-refractivity contribution < 1.29 is 5.11 Å². The number of aliphatic hydroxyl groups is 1. The molecule has 0 aromatic carbocycles. The number of rotatable bonds is 2. The van der Waals surface area contributed by atoms with Gasteiger partial charge in [-0.1, -0.05) is 11.6 Å². The molecule has 1 unspecified atom stereocenters. The van der Waals surface area contributed by atoms with Crippen molar-refractivity contribution in [1.82, 2.24) is 4.98 Å². The second-order valence-electron chi connectivity index (χ2n) is 2.15. The molecule has 0 aliphatic carbocycles. The fourth-order valence-corrected chi connectivity index (χ4v) is 0.817. The molecule has 1 heterocycles. The Balaban J connectivity index is 0. The van der Waals surface area contributed by atoms with Gasteiger partial charge in [-0.2, -0.15) is 0 Å². The first-order chi connectivity index (χ1) is 5.24. The first kappa shape index (κ1) is 15.4. The third-order valence-corrected chi connectivity index (χ3v) is 1.54. The first-order valence-corrected chi connectivity index (χ1v) is 3.61. The van der Waals surface area contributed by atoms with E-state index in [-0.39, 0.29) is 31.4 Å². The summed E-state index contributed by atoms with van der Waals surface area (Å²) < 4.78 is 0. The average Bonchev–Trinajstić information content (AvgIpc) is 2.05. The number of nitrogens with zero attached hydrogens (tertiary/aromatic N) is 1. The molecule has 1 rings (SSSR count). The van der Waals surface area contributed by atoms with E-state index in [0.29, 0.717) is 10.7 Å². The monoisotopic (exact) mass is 244 g/mol. The number of pyridine rings is 1. The van der Waals surface area contributed by atoms with Gasteiger partial charge in [0.2, 0.25) is 0 Å². The Morgan fingerprint density at radius 1 is 1.46 bits per heavy atom. The van der Waals surface area contributed by atoms with Crippen LogP contribution in [0.25, 0.3) is 0 Å². The zero-order valence-corrected chi connectivity index (χ0v) is 9.07. The predicted molar refractivity (Wildman–Crippen MR) is 57.8 cm³/mol. The molecule has 13 heavy (non-hydrogen) atoms. The van der Waals surface area contributed by atoms with Crippen LogP contribution in [0.1, 0.15) is 11.8 Å². The van der Waals surface area contributed by atoms with Crippen molar-refractivity contribution in [2.75, 3.05) is 6.54 Å². The van der Waals surface area contributed by atoms with Crippen LogP contribution in [0.4, 0.5) is 0 Å². The molecule has 3 nitrogen and oxygen atoms in total. The summed E-state index contributed by atoms with van der Waals surface area (Å²) in [4.78, 5) is 3.89. The highest BCUT2D eigenvalue weighted by Crippen LogP contribution is 2.11. The van der Waals surface area contributed by atoms with E-state index < -0.39 is 6.10 Å². The van der Waals surface area contributed by atoms with Gasteiger partial charge in [-0.3, -0.25) is 4.98 Å². The molecule has 0 saturated carbocycles. The molecule has 1 aromatic rings. The largest absolute Gasteiger partial charge is 0.385 e. The highest BCUT2D eigenvalue weighted by Gasteiger charge is 2.04. The lowest BCUT2D eigenvalue weighted by Crippen LogP contribution is -2.12. The predicted octanol–water partition coefficient (Wildman–Crippen LogP) is 1.57. The molecule has 1 atom stereocenters. The lowest BCUT2D eigenvalue weighted by atomic mass is 10.2. The Morgan fingerprint density at radius 3 is 2.46 bits per heavy atom. The van der Waals surface area contributed by atoms with E-state index in [2.05, 4.69) is 4.98 Å². The Kier molecular flexibility index (Phi) is 8.72. The van der Waals surface area contributed by atoms with Gasteiger partial charge in [0.1, 0.15) is 6.10 Å². The lowest BCUT2D eigenvalue weighted by molar-refractivity contribution is 0.182. The molecule has 0 aliphatic rings. The first-order valence-electron chi connectivity index (χ1n) is 3.23. The number of halogens is 3. The number of hydrogen-bond acceptors (Lipinski definition) is 3. The molecule has 0 spiro atoms. The third kappa shape index (κ3) is 4.64. The third-order valence-electron chi connectivity index (χ3n) is 1.31. The number of aliphatic hydroxyl groups excluding tert-OH is 1. The summed E-state index contributed by atoms with van der Waals surface area (Å²) in [6.07, 6.45) is 0.794. The van der Waals surface area contributed by atoms with Crippen molar-refractivity contribution in [2.45, 2.75) is 6.10 Å².